The highest BCUT2D eigenvalue weighted by Gasteiger charge is 2.27. The third-order valence-electron chi connectivity index (χ3n) is 3.39. The van der Waals surface area contributed by atoms with Crippen LogP contribution in [-0.2, 0) is 0 Å². The van der Waals surface area contributed by atoms with Crippen molar-refractivity contribution in [2.75, 3.05) is 6.54 Å². The lowest BCUT2D eigenvalue weighted by Crippen LogP contribution is -2.52. The summed E-state index contributed by atoms with van der Waals surface area (Å²) in [6, 6.07) is 3.42. The second kappa shape index (κ2) is 6.69. The van der Waals surface area contributed by atoms with Gasteiger partial charge in [0.15, 0.2) is 0 Å². The number of pyridine rings is 1. The van der Waals surface area contributed by atoms with E-state index in [1.165, 1.54) is 31.5 Å². The standard InChI is InChI=1S/C14H21FN2O/c1-2-3-4-5-13(12-8-9-16-12)18-11-6-7-14(15)17-10-11/h6-7,10,12-13,16H,2-5,8-9H2,1H3/t12-,13?/m0/s1. The minimum Gasteiger partial charge on any atom is -0.487 e. The summed E-state index contributed by atoms with van der Waals surface area (Å²) in [7, 11) is 0. The van der Waals surface area contributed by atoms with Gasteiger partial charge in [0.25, 0.3) is 0 Å². The van der Waals surface area contributed by atoms with Crippen LogP contribution >= 0.6 is 0 Å². The molecule has 4 heteroatoms. The van der Waals surface area contributed by atoms with Crippen molar-refractivity contribution in [3.63, 3.8) is 0 Å². The van der Waals surface area contributed by atoms with Crippen molar-refractivity contribution in [3.8, 4) is 5.75 Å². The topological polar surface area (TPSA) is 34.1 Å². The van der Waals surface area contributed by atoms with Crippen molar-refractivity contribution in [2.45, 2.75) is 51.2 Å². The molecule has 0 aromatic carbocycles. The molecule has 0 spiro atoms. The number of hydrogen-bond donors (Lipinski definition) is 1. The quantitative estimate of drug-likeness (QED) is 0.598. The number of aromatic nitrogens is 1. The van der Waals surface area contributed by atoms with Crippen molar-refractivity contribution in [1.29, 1.82) is 0 Å². The summed E-state index contributed by atoms with van der Waals surface area (Å²) in [5.74, 6) is 0.193. The number of nitrogens with zero attached hydrogens (tertiary/aromatic N) is 1. The van der Waals surface area contributed by atoms with Crippen LogP contribution in [0.15, 0.2) is 18.3 Å². The Bertz CT molecular complexity index is 351. The molecule has 0 saturated carbocycles. The molecule has 1 aromatic rings. The third-order valence-corrected chi connectivity index (χ3v) is 3.39. The van der Waals surface area contributed by atoms with Crippen LogP contribution in [-0.4, -0.2) is 23.7 Å². The molecule has 1 unspecified atom stereocenters. The van der Waals surface area contributed by atoms with Crippen LogP contribution < -0.4 is 10.1 Å². The van der Waals surface area contributed by atoms with Crippen LogP contribution in [0.1, 0.15) is 39.0 Å². The second-order valence-electron chi connectivity index (χ2n) is 4.82. The second-order valence-corrected chi connectivity index (χ2v) is 4.82. The van der Waals surface area contributed by atoms with Crippen LogP contribution in [0.4, 0.5) is 4.39 Å². The minimum absolute atomic E-state index is 0.178. The molecule has 2 heterocycles. The molecular formula is C14H21FN2O. The molecule has 1 fully saturated rings. The van der Waals surface area contributed by atoms with E-state index in [1.807, 2.05) is 0 Å². The van der Waals surface area contributed by atoms with Gasteiger partial charge < -0.3 is 10.1 Å². The molecule has 0 radical (unpaired) electrons. The highest BCUT2D eigenvalue weighted by Crippen LogP contribution is 2.20. The first-order valence-electron chi connectivity index (χ1n) is 6.81. The van der Waals surface area contributed by atoms with Crippen LogP contribution in [0.2, 0.25) is 0 Å². The van der Waals surface area contributed by atoms with Gasteiger partial charge in [-0.2, -0.15) is 4.39 Å². The Morgan fingerprint density at radius 1 is 1.50 bits per heavy atom. The maximum atomic E-state index is 12.7. The Kier molecular flexibility index (Phi) is 4.93. The minimum atomic E-state index is -0.466. The summed E-state index contributed by atoms with van der Waals surface area (Å²) in [5, 5.41) is 3.38. The summed E-state index contributed by atoms with van der Waals surface area (Å²) in [6.45, 7) is 3.27. The maximum absolute atomic E-state index is 12.7. The Labute approximate surface area is 108 Å². The van der Waals surface area contributed by atoms with Crippen molar-refractivity contribution >= 4 is 0 Å². The fourth-order valence-electron chi connectivity index (χ4n) is 2.17. The maximum Gasteiger partial charge on any atom is 0.213 e. The summed E-state index contributed by atoms with van der Waals surface area (Å²) in [4.78, 5) is 3.62. The average molecular weight is 252 g/mol. The summed E-state index contributed by atoms with van der Waals surface area (Å²) in [5.41, 5.74) is 0. The zero-order valence-corrected chi connectivity index (χ0v) is 10.9. The van der Waals surface area contributed by atoms with Crippen molar-refractivity contribution in [3.05, 3.63) is 24.3 Å². The third kappa shape index (κ3) is 3.67. The Balaban J connectivity index is 1.89. The fraction of sp³-hybridized carbons (Fsp3) is 0.643. The molecule has 1 saturated heterocycles. The van der Waals surface area contributed by atoms with E-state index < -0.39 is 5.95 Å². The van der Waals surface area contributed by atoms with E-state index in [0.717, 1.165) is 19.4 Å². The predicted molar refractivity (Wildman–Crippen MR) is 69.2 cm³/mol. The van der Waals surface area contributed by atoms with Crippen molar-refractivity contribution in [1.82, 2.24) is 10.3 Å². The van der Waals surface area contributed by atoms with E-state index in [0.29, 0.717) is 11.8 Å². The lowest BCUT2D eigenvalue weighted by molar-refractivity contribution is 0.107. The smallest absolute Gasteiger partial charge is 0.213 e. The van der Waals surface area contributed by atoms with E-state index in [9.17, 15) is 4.39 Å². The van der Waals surface area contributed by atoms with Gasteiger partial charge in [-0.05, 0) is 37.9 Å². The number of hydrogen-bond acceptors (Lipinski definition) is 3. The van der Waals surface area contributed by atoms with Crippen LogP contribution in [0.3, 0.4) is 0 Å². The molecule has 0 bridgehead atoms. The largest absolute Gasteiger partial charge is 0.487 e. The molecule has 2 rings (SSSR count). The first kappa shape index (κ1) is 13.3. The highest BCUT2D eigenvalue weighted by atomic mass is 19.1. The molecule has 1 aromatic heterocycles. The van der Waals surface area contributed by atoms with Gasteiger partial charge in [0.05, 0.1) is 6.20 Å². The van der Waals surface area contributed by atoms with Gasteiger partial charge in [0.2, 0.25) is 5.95 Å². The van der Waals surface area contributed by atoms with Gasteiger partial charge in [-0.1, -0.05) is 19.8 Å². The molecule has 100 valence electrons. The molecular weight excluding hydrogens is 231 g/mol. The van der Waals surface area contributed by atoms with Gasteiger partial charge in [0, 0.05) is 6.04 Å². The van der Waals surface area contributed by atoms with Gasteiger partial charge in [0.1, 0.15) is 11.9 Å². The molecule has 0 aliphatic carbocycles. The zero-order chi connectivity index (χ0) is 12.8. The van der Waals surface area contributed by atoms with Crippen LogP contribution in [0.25, 0.3) is 0 Å². The monoisotopic (exact) mass is 252 g/mol. The van der Waals surface area contributed by atoms with E-state index in [4.69, 9.17) is 4.74 Å². The summed E-state index contributed by atoms with van der Waals surface area (Å²) in [6.07, 6.45) is 7.46. The van der Waals surface area contributed by atoms with Gasteiger partial charge >= 0.3 is 0 Å². The summed E-state index contributed by atoms with van der Waals surface area (Å²) >= 11 is 0. The van der Waals surface area contributed by atoms with Crippen molar-refractivity contribution in [2.24, 2.45) is 0 Å². The normalized spacial score (nSPS) is 20.2. The number of halogens is 1. The number of rotatable bonds is 7. The van der Waals surface area contributed by atoms with Crippen LogP contribution in [0, 0.1) is 5.95 Å². The van der Waals surface area contributed by atoms with E-state index >= 15 is 0 Å². The van der Waals surface area contributed by atoms with E-state index in [2.05, 4.69) is 17.2 Å². The first-order chi connectivity index (χ1) is 8.79. The van der Waals surface area contributed by atoms with Gasteiger partial charge in [-0.15, -0.1) is 0 Å². The molecule has 3 nitrogen and oxygen atoms in total. The Hall–Kier alpha value is -1.16. The molecule has 0 amide bonds. The Morgan fingerprint density at radius 3 is 2.89 bits per heavy atom. The molecule has 1 aliphatic heterocycles. The van der Waals surface area contributed by atoms with Crippen molar-refractivity contribution < 1.29 is 9.13 Å². The van der Waals surface area contributed by atoms with E-state index in [-0.39, 0.29) is 6.10 Å². The zero-order valence-electron chi connectivity index (χ0n) is 10.9. The number of unbranched alkanes of at least 4 members (excludes halogenated alkanes) is 2. The predicted octanol–water partition coefficient (Wildman–Crippen LogP) is 2.91. The lowest BCUT2D eigenvalue weighted by Gasteiger charge is -2.35. The summed E-state index contributed by atoms with van der Waals surface area (Å²) < 4.78 is 18.7. The van der Waals surface area contributed by atoms with E-state index in [1.54, 1.807) is 6.07 Å². The number of ether oxygens (including phenoxy) is 1. The molecule has 1 N–H and O–H groups in total. The molecule has 18 heavy (non-hydrogen) atoms. The molecule has 2 atom stereocenters. The number of nitrogens with one attached hydrogen (secondary N) is 1. The fourth-order valence-corrected chi connectivity index (χ4v) is 2.17. The SMILES string of the molecule is CCCCCC(Oc1ccc(F)nc1)[C@@H]1CCN1. The van der Waals surface area contributed by atoms with Crippen LogP contribution in [0.5, 0.6) is 5.75 Å². The lowest BCUT2D eigenvalue weighted by atomic mass is 9.96. The average Bonchev–Trinajstić information content (AvgIpc) is 2.30. The molecule has 1 aliphatic rings. The highest BCUT2D eigenvalue weighted by molar-refractivity contribution is 5.17. The first-order valence-corrected chi connectivity index (χ1v) is 6.81. The van der Waals surface area contributed by atoms with Gasteiger partial charge in [-0.3, -0.25) is 0 Å². The Morgan fingerprint density at radius 2 is 2.33 bits per heavy atom. The van der Waals surface area contributed by atoms with Gasteiger partial charge in [-0.25, -0.2) is 4.98 Å².